The van der Waals surface area contributed by atoms with Crippen molar-refractivity contribution in [2.45, 2.75) is 13.5 Å². The smallest absolute Gasteiger partial charge is 0.257 e. The van der Waals surface area contributed by atoms with Gasteiger partial charge in [0.05, 0.1) is 5.56 Å². The van der Waals surface area contributed by atoms with Crippen LogP contribution >= 0.6 is 0 Å². The van der Waals surface area contributed by atoms with Crippen LogP contribution in [0.5, 0.6) is 0 Å². The molecule has 2 aromatic heterocycles. The zero-order valence-corrected chi connectivity index (χ0v) is 14.1. The van der Waals surface area contributed by atoms with E-state index in [1.165, 1.54) is 12.4 Å². The number of hydrogen-bond donors (Lipinski definition) is 1. The molecule has 8 nitrogen and oxygen atoms in total. The number of pyridine rings is 1. The third-order valence-corrected chi connectivity index (χ3v) is 4.08. The molecule has 0 spiro atoms. The number of amides is 2. The minimum Gasteiger partial charge on any atom is -0.350 e. The summed E-state index contributed by atoms with van der Waals surface area (Å²) in [4.78, 5) is 39.7. The van der Waals surface area contributed by atoms with Crippen molar-refractivity contribution in [3.63, 3.8) is 0 Å². The van der Waals surface area contributed by atoms with Crippen molar-refractivity contribution in [2.75, 3.05) is 31.5 Å². The van der Waals surface area contributed by atoms with Crippen molar-refractivity contribution >= 4 is 17.8 Å². The van der Waals surface area contributed by atoms with E-state index in [1.807, 2.05) is 12.1 Å². The van der Waals surface area contributed by atoms with Crippen LogP contribution in [0.25, 0.3) is 0 Å². The Morgan fingerprint density at radius 3 is 2.36 bits per heavy atom. The Kier molecular flexibility index (Phi) is 5.17. The first-order chi connectivity index (χ1) is 12.1. The normalized spacial score (nSPS) is 14.3. The maximum absolute atomic E-state index is 12.5. The van der Waals surface area contributed by atoms with Crippen LogP contribution in [-0.2, 0) is 11.3 Å². The van der Waals surface area contributed by atoms with Gasteiger partial charge in [-0.3, -0.25) is 14.6 Å². The predicted octanol–water partition coefficient (Wildman–Crippen LogP) is 0.788. The van der Waals surface area contributed by atoms with Crippen LogP contribution in [0, 0.1) is 0 Å². The highest BCUT2D eigenvalue weighted by molar-refractivity contribution is 5.93. The van der Waals surface area contributed by atoms with Gasteiger partial charge in [0.2, 0.25) is 11.9 Å². The zero-order valence-electron chi connectivity index (χ0n) is 14.1. The molecule has 1 aliphatic rings. The average molecular weight is 340 g/mol. The molecule has 1 fully saturated rings. The molecule has 3 heterocycles. The fraction of sp³-hybridized carbons (Fsp3) is 0.353. The van der Waals surface area contributed by atoms with Crippen LogP contribution in [0.1, 0.15) is 22.8 Å². The Morgan fingerprint density at radius 2 is 1.76 bits per heavy atom. The predicted molar refractivity (Wildman–Crippen MR) is 91.8 cm³/mol. The average Bonchev–Trinajstić information content (AvgIpc) is 2.67. The van der Waals surface area contributed by atoms with Gasteiger partial charge in [0.1, 0.15) is 0 Å². The lowest BCUT2D eigenvalue weighted by Crippen LogP contribution is -2.50. The van der Waals surface area contributed by atoms with Crippen LogP contribution in [0.3, 0.4) is 0 Å². The summed E-state index contributed by atoms with van der Waals surface area (Å²) in [5.74, 6) is 0.392. The number of aromatic nitrogens is 3. The molecule has 1 N–H and O–H groups in total. The third kappa shape index (κ3) is 4.28. The molecule has 0 saturated carbocycles. The molecule has 0 unspecified atom stereocenters. The quantitative estimate of drug-likeness (QED) is 0.885. The largest absolute Gasteiger partial charge is 0.350 e. The fourth-order valence-corrected chi connectivity index (χ4v) is 2.62. The second-order valence-corrected chi connectivity index (χ2v) is 5.81. The number of carbonyl (C=O) groups excluding carboxylic acids is 2. The Labute approximate surface area is 145 Å². The molecule has 0 aliphatic carbocycles. The van der Waals surface area contributed by atoms with Gasteiger partial charge >= 0.3 is 0 Å². The van der Waals surface area contributed by atoms with Crippen molar-refractivity contribution in [3.8, 4) is 0 Å². The summed E-state index contributed by atoms with van der Waals surface area (Å²) in [6, 6.07) is 3.82. The molecular weight excluding hydrogens is 320 g/mol. The van der Waals surface area contributed by atoms with Crippen LogP contribution < -0.4 is 5.32 Å². The van der Waals surface area contributed by atoms with Gasteiger partial charge in [-0.2, -0.15) is 0 Å². The lowest BCUT2D eigenvalue weighted by Gasteiger charge is -2.34. The van der Waals surface area contributed by atoms with Crippen LogP contribution in [0.2, 0.25) is 0 Å². The van der Waals surface area contributed by atoms with Crippen LogP contribution in [-0.4, -0.2) is 62.7 Å². The second kappa shape index (κ2) is 7.69. The molecule has 130 valence electrons. The zero-order chi connectivity index (χ0) is 17.6. The number of anilines is 1. The molecule has 8 heteroatoms. The Hall–Kier alpha value is -3.03. The first kappa shape index (κ1) is 16.8. The van der Waals surface area contributed by atoms with E-state index in [-0.39, 0.29) is 11.8 Å². The minimum absolute atomic E-state index is 0.0412. The molecule has 0 bridgehead atoms. The van der Waals surface area contributed by atoms with Gasteiger partial charge in [-0.05, 0) is 11.6 Å². The molecule has 3 rings (SSSR count). The highest BCUT2D eigenvalue weighted by atomic mass is 16.2. The molecule has 2 aromatic rings. The maximum Gasteiger partial charge on any atom is 0.257 e. The van der Waals surface area contributed by atoms with Gasteiger partial charge in [-0.25, -0.2) is 9.97 Å². The summed E-state index contributed by atoms with van der Waals surface area (Å²) in [7, 11) is 0. The van der Waals surface area contributed by atoms with Gasteiger partial charge in [-0.15, -0.1) is 0 Å². The molecule has 25 heavy (non-hydrogen) atoms. The molecule has 0 aromatic carbocycles. The van der Waals surface area contributed by atoms with E-state index in [0.717, 1.165) is 5.56 Å². The number of hydrogen-bond acceptors (Lipinski definition) is 6. The molecule has 0 radical (unpaired) electrons. The molecule has 0 atom stereocenters. The Balaban J connectivity index is 1.55. The van der Waals surface area contributed by atoms with E-state index in [9.17, 15) is 9.59 Å². The van der Waals surface area contributed by atoms with Gasteiger partial charge in [0, 0.05) is 64.4 Å². The van der Waals surface area contributed by atoms with Gasteiger partial charge < -0.3 is 15.1 Å². The van der Waals surface area contributed by atoms with Crippen LogP contribution in [0.4, 0.5) is 5.95 Å². The van der Waals surface area contributed by atoms with Crippen LogP contribution in [0.15, 0.2) is 36.9 Å². The summed E-state index contributed by atoms with van der Waals surface area (Å²) in [5, 5.41) is 3.09. The van der Waals surface area contributed by atoms with E-state index in [1.54, 1.807) is 29.1 Å². The molecule has 2 amide bonds. The van der Waals surface area contributed by atoms with Gasteiger partial charge in [0.25, 0.3) is 5.91 Å². The van der Waals surface area contributed by atoms with Crippen molar-refractivity contribution in [1.82, 2.24) is 24.8 Å². The highest BCUT2D eigenvalue weighted by Gasteiger charge is 2.23. The molecular formula is C17H20N6O2. The van der Waals surface area contributed by atoms with Gasteiger partial charge in [-0.1, -0.05) is 6.07 Å². The number of piperazine rings is 1. The lowest BCUT2D eigenvalue weighted by atomic mass is 10.2. The minimum atomic E-state index is -0.109. The summed E-state index contributed by atoms with van der Waals surface area (Å²) in [6.07, 6.45) is 6.54. The standard InChI is InChI=1S/C17H20N6O2/c1-13(24)22-5-7-23(8-6-22)16(25)15-11-20-17(21-12-15)19-10-14-3-2-4-18-9-14/h2-4,9,11-12H,5-8,10H2,1H3,(H,19,20,21). The summed E-state index contributed by atoms with van der Waals surface area (Å²) in [6.45, 7) is 4.29. The topological polar surface area (TPSA) is 91.3 Å². The second-order valence-electron chi connectivity index (χ2n) is 5.81. The number of nitrogens with zero attached hydrogens (tertiary/aromatic N) is 5. The highest BCUT2D eigenvalue weighted by Crippen LogP contribution is 2.09. The molecule has 1 saturated heterocycles. The summed E-state index contributed by atoms with van der Waals surface area (Å²) in [5.41, 5.74) is 1.47. The monoisotopic (exact) mass is 340 g/mol. The lowest BCUT2D eigenvalue weighted by molar-refractivity contribution is -0.130. The summed E-state index contributed by atoms with van der Waals surface area (Å²) < 4.78 is 0. The first-order valence-electron chi connectivity index (χ1n) is 8.13. The SMILES string of the molecule is CC(=O)N1CCN(C(=O)c2cnc(NCc3cccnc3)nc2)CC1. The Bertz CT molecular complexity index is 727. The number of rotatable bonds is 4. The van der Waals surface area contributed by atoms with Crippen molar-refractivity contribution < 1.29 is 9.59 Å². The summed E-state index contributed by atoms with van der Waals surface area (Å²) >= 11 is 0. The molecule has 1 aliphatic heterocycles. The van der Waals surface area contributed by atoms with Gasteiger partial charge in [0.15, 0.2) is 0 Å². The van der Waals surface area contributed by atoms with E-state index in [2.05, 4.69) is 20.3 Å². The number of nitrogens with one attached hydrogen (secondary N) is 1. The fourth-order valence-electron chi connectivity index (χ4n) is 2.62. The van der Waals surface area contributed by atoms with E-state index < -0.39 is 0 Å². The van der Waals surface area contributed by atoms with Crippen molar-refractivity contribution in [3.05, 3.63) is 48.0 Å². The first-order valence-corrected chi connectivity index (χ1v) is 8.13. The van der Waals surface area contributed by atoms with E-state index in [0.29, 0.717) is 44.2 Å². The van der Waals surface area contributed by atoms with E-state index >= 15 is 0 Å². The van der Waals surface area contributed by atoms with Crippen molar-refractivity contribution in [2.24, 2.45) is 0 Å². The Morgan fingerprint density at radius 1 is 1.08 bits per heavy atom. The number of carbonyl (C=O) groups is 2. The maximum atomic E-state index is 12.5. The van der Waals surface area contributed by atoms with E-state index in [4.69, 9.17) is 0 Å². The van der Waals surface area contributed by atoms with Crippen molar-refractivity contribution in [1.29, 1.82) is 0 Å². The third-order valence-electron chi connectivity index (χ3n) is 4.08.